The van der Waals surface area contributed by atoms with E-state index < -0.39 is 11.5 Å². The number of aryl methyl sites for hydroxylation is 1. The molecule has 3 rings (SSSR count). The Morgan fingerprint density at radius 2 is 1.92 bits per heavy atom. The lowest BCUT2D eigenvalue weighted by Crippen LogP contribution is -2.37. The number of para-hydroxylation sites is 1. The van der Waals surface area contributed by atoms with Crippen LogP contribution in [0.2, 0.25) is 0 Å². The number of anilines is 1. The maximum absolute atomic E-state index is 13.1. The molecule has 3 aromatic rings. The zero-order chi connectivity index (χ0) is 18.0. The molecule has 25 heavy (non-hydrogen) atoms. The number of rotatable bonds is 4. The van der Waals surface area contributed by atoms with Gasteiger partial charge in [0.2, 0.25) is 0 Å². The summed E-state index contributed by atoms with van der Waals surface area (Å²) in [5, 5.41) is 11.1. The number of pyridine rings is 2. The Bertz CT molecular complexity index is 980. The van der Waals surface area contributed by atoms with Crippen molar-refractivity contribution < 1.29 is 9.90 Å². The van der Waals surface area contributed by atoms with Crippen LogP contribution in [-0.4, -0.2) is 27.1 Å². The molecule has 0 saturated carbocycles. The van der Waals surface area contributed by atoms with Crippen LogP contribution in [0.3, 0.4) is 0 Å². The molecule has 1 aromatic carbocycles. The molecule has 0 atom stereocenters. The molecule has 0 bridgehead atoms. The van der Waals surface area contributed by atoms with Gasteiger partial charge in [-0.1, -0.05) is 25.1 Å². The molecule has 1 amide bonds. The van der Waals surface area contributed by atoms with Crippen molar-refractivity contribution >= 4 is 22.6 Å². The molecule has 0 aliphatic carbocycles. The van der Waals surface area contributed by atoms with Crippen LogP contribution in [0.15, 0.2) is 53.5 Å². The summed E-state index contributed by atoms with van der Waals surface area (Å²) in [5.41, 5.74) is -0.194. The predicted molar refractivity (Wildman–Crippen MR) is 97.1 cm³/mol. The first-order valence-corrected chi connectivity index (χ1v) is 8.09. The number of fused-ring (bicyclic) bond motifs is 1. The second-order valence-electron chi connectivity index (χ2n) is 5.75. The Morgan fingerprint density at radius 1 is 1.20 bits per heavy atom. The highest BCUT2D eigenvalue weighted by Gasteiger charge is 2.26. The van der Waals surface area contributed by atoms with Crippen LogP contribution < -0.4 is 10.5 Å². The predicted octanol–water partition coefficient (Wildman–Crippen LogP) is 2.70. The largest absolute Gasteiger partial charge is 0.506 e. The first kappa shape index (κ1) is 16.7. The van der Waals surface area contributed by atoms with Gasteiger partial charge in [0, 0.05) is 25.2 Å². The van der Waals surface area contributed by atoms with E-state index in [0.717, 1.165) is 0 Å². The van der Waals surface area contributed by atoms with Gasteiger partial charge in [0.05, 0.1) is 5.52 Å². The highest BCUT2D eigenvalue weighted by molar-refractivity contribution is 6.10. The van der Waals surface area contributed by atoms with E-state index in [9.17, 15) is 14.7 Å². The highest BCUT2D eigenvalue weighted by atomic mass is 16.3. The summed E-state index contributed by atoms with van der Waals surface area (Å²) in [6.45, 7) is 2.33. The van der Waals surface area contributed by atoms with Crippen LogP contribution in [0.4, 0.5) is 5.82 Å². The fourth-order valence-corrected chi connectivity index (χ4v) is 2.86. The van der Waals surface area contributed by atoms with Gasteiger partial charge in [-0.2, -0.15) is 0 Å². The summed E-state index contributed by atoms with van der Waals surface area (Å²) >= 11 is 0. The fraction of sp³-hybridized carbons (Fsp3) is 0.211. The van der Waals surface area contributed by atoms with Crippen LogP contribution >= 0.6 is 0 Å². The number of hydrogen-bond donors (Lipinski definition) is 1. The van der Waals surface area contributed by atoms with E-state index in [1.54, 1.807) is 55.7 Å². The highest BCUT2D eigenvalue weighted by Crippen LogP contribution is 2.27. The number of nitrogens with zero attached hydrogens (tertiary/aromatic N) is 3. The molecule has 6 heteroatoms. The summed E-state index contributed by atoms with van der Waals surface area (Å²) in [7, 11) is 1.59. The van der Waals surface area contributed by atoms with E-state index in [4.69, 9.17) is 0 Å². The zero-order valence-corrected chi connectivity index (χ0v) is 14.1. The Balaban J connectivity index is 2.21. The molecular weight excluding hydrogens is 318 g/mol. The van der Waals surface area contributed by atoms with Crippen LogP contribution in [0.5, 0.6) is 5.75 Å². The van der Waals surface area contributed by atoms with Crippen molar-refractivity contribution in [1.29, 1.82) is 0 Å². The molecule has 2 aromatic heterocycles. The summed E-state index contributed by atoms with van der Waals surface area (Å²) in [6, 6.07) is 12.2. The zero-order valence-electron chi connectivity index (χ0n) is 14.1. The summed E-state index contributed by atoms with van der Waals surface area (Å²) in [4.78, 5) is 31.4. The van der Waals surface area contributed by atoms with Gasteiger partial charge in [-0.05, 0) is 30.7 Å². The molecule has 2 heterocycles. The molecule has 0 radical (unpaired) electrons. The van der Waals surface area contributed by atoms with Crippen molar-refractivity contribution in [2.75, 3.05) is 11.4 Å². The minimum absolute atomic E-state index is 0.236. The van der Waals surface area contributed by atoms with Crippen LogP contribution in [0.25, 0.3) is 10.9 Å². The van der Waals surface area contributed by atoms with E-state index in [1.807, 2.05) is 6.92 Å². The van der Waals surface area contributed by atoms with Gasteiger partial charge in [-0.15, -0.1) is 0 Å². The normalized spacial score (nSPS) is 10.8. The van der Waals surface area contributed by atoms with Gasteiger partial charge in [-0.25, -0.2) is 4.98 Å². The van der Waals surface area contributed by atoms with E-state index in [1.165, 1.54) is 9.47 Å². The molecule has 0 saturated heterocycles. The summed E-state index contributed by atoms with van der Waals surface area (Å²) in [6.07, 6.45) is 2.28. The quantitative estimate of drug-likeness (QED) is 0.794. The van der Waals surface area contributed by atoms with E-state index in [2.05, 4.69) is 4.98 Å². The Hall–Kier alpha value is -3.15. The number of amides is 1. The van der Waals surface area contributed by atoms with Crippen LogP contribution in [0.1, 0.15) is 23.7 Å². The number of hydrogen-bond acceptors (Lipinski definition) is 4. The van der Waals surface area contributed by atoms with Crippen molar-refractivity contribution in [3.05, 3.63) is 64.6 Å². The number of benzene rings is 1. The van der Waals surface area contributed by atoms with Crippen molar-refractivity contribution in [2.45, 2.75) is 13.3 Å². The standard InChI is InChI=1S/C19H19N3O3/c1-3-12-22(15-10-6-7-11-20-15)19(25)16-17(23)13-8-4-5-9-14(13)21(2)18(16)24/h4-11,23H,3,12H2,1-2H3. The summed E-state index contributed by atoms with van der Waals surface area (Å²) < 4.78 is 1.38. The second-order valence-corrected chi connectivity index (χ2v) is 5.75. The lowest BCUT2D eigenvalue weighted by Gasteiger charge is -2.22. The summed E-state index contributed by atoms with van der Waals surface area (Å²) in [5.74, 6) is -0.394. The lowest BCUT2D eigenvalue weighted by molar-refractivity contribution is 0.0982. The molecule has 0 spiro atoms. The molecule has 128 valence electrons. The van der Waals surface area contributed by atoms with Gasteiger partial charge < -0.3 is 9.67 Å². The van der Waals surface area contributed by atoms with Gasteiger partial charge >= 0.3 is 0 Å². The molecule has 1 N–H and O–H groups in total. The maximum atomic E-state index is 13.1. The molecule has 0 aliphatic heterocycles. The topological polar surface area (TPSA) is 75.4 Å². The average Bonchev–Trinajstić information content (AvgIpc) is 2.65. The second kappa shape index (κ2) is 6.76. The SMILES string of the molecule is CCCN(C(=O)c1c(O)c2ccccc2n(C)c1=O)c1ccccn1. The van der Waals surface area contributed by atoms with Gasteiger partial charge in [-0.3, -0.25) is 14.5 Å². The third-order valence-corrected chi connectivity index (χ3v) is 4.11. The Kier molecular flexibility index (Phi) is 4.52. The smallest absolute Gasteiger partial charge is 0.268 e. The lowest BCUT2D eigenvalue weighted by atomic mass is 10.1. The minimum atomic E-state index is -0.551. The monoisotopic (exact) mass is 337 g/mol. The van der Waals surface area contributed by atoms with Crippen molar-refractivity contribution in [3.8, 4) is 5.75 Å². The van der Waals surface area contributed by atoms with Crippen molar-refractivity contribution in [2.24, 2.45) is 7.05 Å². The van der Waals surface area contributed by atoms with E-state index >= 15 is 0 Å². The minimum Gasteiger partial charge on any atom is -0.506 e. The number of carbonyl (C=O) groups excluding carboxylic acids is 1. The van der Waals surface area contributed by atoms with Gasteiger partial charge in [0.1, 0.15) is 17.1 Å². The average molecular weight is 337 g/mol. The number of carbonyl (C=O) groups is 1. The molecule has 0 unspecified atom stereocenters. The molecular formula is C19H19N3O3. The van der Waals surface area contributed by atoms with Gasteiger partial charge in [0.15, 0.2) is 0 Å². The number of aromatic hydroxyl groups is 1. The first-order chi connectivity index (χ1) is 12.1. The maximum Gasteiger partial charge on any atom is 0.268 e. The third-order valence-electron chi connectivity index (χ3n) is 4.11. The molecule has 6 nitrogen and oxygen atoms in total. The van der Waals surface area contributed by atoms with E-state index in [-0.39, 0.29) is 11.3 Å². The van der Waals surface area contributed by atoms with Crippen LogP contribution in [-0.2, 0) is 7.05 Å². The van der Waals surface area contributed by atoms with Crippen molar-refractivity contribution in [3.63, 3.8) is 0 Å². The van der Waals surface area contributed by atoms with Crippen LogP contribution in [0, 0.1) is 0 Å². The molecule has 0 aliphatic rings. The Morgan fingerprint density at radius 3 is 2.60 bits per heavy atom. The first-order valence-electron chi connectivity index (χ1n) is 8.09. The third kappa shape index (κ3) is 2.87. The fourth-order valence-electron chi connectivity index (χ4n) is 2.86. The molecule has 0 fully saturated rings. The number of aromatic nitrogens is 2. The van der Waals surface area contributed by atoms with Gasteiger partial charge in [0.25, 0.3) is 11.5 Å². The Labute approximate surface area is 145 Å². The van der Waals surface area contributed by atoms with Crippen molar-refractivity contribution in [1.82, 2.24) is 9.55 Å². The van der Waals surface area contributed by atoms with E-state index in [0.29, 0.717) is 29.7 Å².